The Hall–Kier alpha value is -1.26. The van der Waals surface area contributed by atoms with E-state index in [9.17, 15) is 8.78 Å². The maximum Gasteiger partial charge on any atom is 0.129 e. The summed E-state index contributed by atoms with van der Waals surface area (Å²) in [5, 5.41) is 0. The van der Waals surface area contributed by atoms with Gasteiger partial charge in [0.2, 0.25) is 0 Å². The molecule has 94 valence electrons. The zero-order valence-electron chi connectivity index (χ0n) is 9.75. The highest BCUT2D eigenvalue weighted by Crippen LogP contribution is 2.26. The Morgan fingerprint density at radius 3 is 2.39 bits per heavy atom. The van der Waals surface area contributed by atoms with Crippen molar-refractivity contribution in [3.05, 3.63) is 69.2 Å². The van der Waals surface area contributed by atoms with Gasteiger partial charge in [0.1, 0.15) is 11.6 Å². The lowest BCUT2D eigenvalue weighted by Crippen LogP contribution is -2.15. The molecule has 2 N–H and O–H groups in total. The fraction of sp³-hybridized carbons (Fsp3) is 0.143. The molecule has 1 unspecified atom stereocenters. The van der Waals surface area contributed by atoms with Crippen LogP contribution in [0, 0.1) is 18.6 Å². The Bertz CT molecular complexity index is 584. The van der Waals surface area contributed by atoms with Gasteiger partial charge in [-0.05, 0) is 25.1 Å². The molecule has 0 spiro atoms. The summed E-state index contributed by atoms with van der Waals surface area (Å²) in [4.78, 5) is 0. The normalized spacial score (nSPS) is 12.5. The summed E-state index contributed by atoms with van der Waals surface area (Å²) in [6, 6.07) is 8.41. The molecule has 18 heavy (non-hydrogen) atoms. The summed E-state index contributed by atoms with van der Waals surface area (Å²) in [5.41, 5.74) is 7.41. The monoisotopic (exact) mass is 311 g/mol. The minimum absolute atomic E-state index is 0.280. The molecule has 0 amide bonds. The molecule has 0 aliphatic rings. The van der Waals surface area contributed by atoms with Gasteiger partial charge in [-0.3, -0.25) is 0 Å². The molecule has 0 fully saturated rings. The van der Waals surface area contributed by atoms with Gasteiger partial charge >= 0.3 is 0 Å². The molecule has 0 saturated carbocycles. The third kappa shape index (κ3) is 2.60. The van der Waals surface area contributed by atoms with E-state index in [1.165, 1.54) is 12.1 Å². The molecule has 0 heterocycles. The number of hydrogen-bond donors (Lipinski definition) is 1. The fourth-order valence-electron chi connectivity index (χ4n) is 1.82. The lowest BCUT2D eigenvalue weighted by Gasteiger charge is -2.15. The summed E-state index contributed by atoms with van der Waals surface area (Å²) < 4.78 is 28.1. The zero-order chi connectivity index (χ0) is 13.3. The highest BCUT2D eigenvalue weighted by Gasteiger charge is 2.17. The Kier molecular flexibility index (Phi) is 3.78. The van der Waals surface area contributed by atoms with E-state index in [2.05, 4.69) is 15.9 Å². The Balaban J connectivity index is 2.47. The molecule has 2 rings (SSSR count). The minimum Gasteiger partial charge on any atom is -0.320 e. The largest absolute Gasteiger partial charge is 0.320 e. The van der Waals surface area contributed by atoms with Gasteiger partial charge in [-0.1, -0.05) is 39.7 Å². The van der Waals surface area contributed by atoms with E-state index >= 15 is 0 Å². The van der Waals surface area contributed by atoms with Crippen molar-refractivity contribution in [2.45, 2.75) is 13.0 Å². The first-order valence-electron chi connectivity index (χ1n) is 5.45. The van der Waals surface area contributed by atoms with Gasteiger partial charge in [-0.15, -0.1) is 0 Å². The molecule has 0 radical (unpaired) electrons. The van der Waals surface area contributed by atoms with E-state index in [1.807, 2.05) is 6.92 Å². The number of hydrogen-bond acceptors (Lipinski definition) is 1. The van der Waals surface area contributed by atoms with Crippen molar-refractivity contribution >= 4 is 15.9 Å². The molecule has 1 nitrogen and oxygen atoms in total. The second-order valence-electron chi connectivity index (χ2n) is 4.17. The van der Waals surface area contributed by atoms with Crippen LogP contribution >= 0.6 is 15.9 Å². The summed E-state index contributed by atoms with van der Waals surface area (Å²) in [5.74, 6) is -0.867. The first-order valence-corrected chi connectivity index (χ1v) is 6.25. The maximum absolute atomic E-state index is 13.8. The third-order valence-electron chi connectivity index (χ3n) is 2.78. The smallest absolute Gasteiger partial charge is 0.129 e. The molecule has 0 aliphatic carbocycles. The lowest BCUT2D eigenvalue weighted by atomic mass is 9.97. The van der Waals surface area contributed by atoms with E-state index in [1.54, 1.807) is 24.3 Å². The van der Waals surface area contributed by atoms with Crippen LogP contribution in [0.25, 0.3) is 0 Å². The van der Waals surface area contributed by atoms with Crippen LogP contribution in [0.2, 0.25) is 0 Å². The van der Waals surface area contributed by atoms with E-state index < -0.39 is 17.7 Å². The number of rotatable bonds is 2. The van der Waals surface area contributed by atoms with Crippen LogP contribution in [0.15, 0.2) is 40.9 Å². The molecule has 0 aliphatic heterocycles. The average Bonchev–Trinajstić information content (AvgIpc) is 2.31. The van der Waals surface area contributed by atoms with Crippen molar-refractivity contribution in [1.82, 2.24) is 0 Å². The van der Waals surface area contributed by atoms with Gasteiger partial charge in [0, 0.05) is 15.6 Å². The van der Waals surface area contributed by atoms with E-state index in [0.29, 0.717) is 10.0 Å². The maximum atomic E-state index is 13.8. The standard InChI is InChI=1S/C14H12BrF2N/c1-8-2-5-12(16)11(6-8)14(18)10-4-3-9(15)7-13(10)17/h2-7,14H,18H2,1H3. The van der Waals surface area contributed by atoms with Crippen LogP contribution in [0.1, 0.15) is 22.7 Å². The number of halogens is 3. The molecule has 0 aromatic heterocycles. The van der Waals surface area contributed by atoms with Gasteiger partial charge in [0.05, 0.1) is 6.04 Å². The van der Waals surface area contributed by atoms with Gasteiger partial charge in [-0.2, -0.15) is 0 Å². The first-order chi connectivity index (χ1) is 8.49. The Morgan fingerprint density at radius 2 is 1.72 bits per heavy atom. The highest BCUT2D eigenvalue weighted by atomic mass is 79.9. The highest BCUT2D eigenvalue weighted by molar-refractivity contribution is 9.10. The van der Waals surface area contributed by atoms with E-state index in [0.717, 1.165) is 5.56 Å². The Labute approximate surface area is 113 Å². The van der Waals surface area contributed by atoms with Crippen molar-refractivity contribution in [3.63, 3.8) is 0 Å². The van der Waals surface area contributed by atoms with E-state index in [4.69, 9.17) is 5.73 Å². The molecule has 2 aromatic rings. The summed E-state index contributed by atoms with van der Waals surface area (Å²) >= 11 is 3.17. The lowest BCUT2D eigenvalue weighted by molar-refractivity contribution is 0.575. The predicted octanol–water partition coefficient (Wildman–Crippen LogP) is 4.08. The number of aryl methyl sites for hydroxylation is 1. The van der Waals surface area contributed by atoms with Crippen LogP contribution in [-0.2, 0) is 0 Å². The zero-order valence-corrected chi connectivity index (χ0v) is 11.3. The third-order valence-corrected chi connectivity index (χ3v) is 3.28. The topological polar surface area (TPSA) is 26.0 Å². The molecular weight excluding hydrogens is 300 g/mol. The molecule has 0 bridgehead atoms. The van der Waals surface area contributed by atoms with Gasteiger partial charge in [-0.25, -0.2) is 8.78 Å². The van der Waals surface area contributed by atoms with Crippen LogP contribution in [-0.4, -0.2) is 0 Å². The fourth-order valence-corrected chi connectivity index (χ4v) is 2.16. The molecule has 4 heteroatoms. The summed E-state index contributed by atoms with van der Waals surface area (Å²) in [6.07, 6.45) is 0. The molecule has 1 atom stereocenters. The van der Waals surface area contributed by atoms with Crippen LogP contribution < -0.4 is 5.73 Å². The van der Waals surface area contributed by atoms with Crippen molar-refractivity contribution in [2.75, 3.05) is 0 Å². The second-order valence-corrected chi connectivity index (χ2v) is 5.08. The minimum atomic E-state index is -0.807. The SMILES string of the molecule is Cc1ccc(F)c(C(N)c2ccc(Br)cc2F)c1. The van der Waals surface area contributed by atoms with Crippen LogP contribution in [0.3, 0.4) is 0 Å². The first kappa shape index (κ1) is 13.2. The summed E-state index contributed by atoms with van der Waals surface area (Å²) in [6.45, 7) is 1.84. The van der Waals surface area contributed by atoms with Gasteiger partial charge in [0.15, 0.2) is 0 Å². The number of nitrogens with two attached hydrogens (primary N) is 1. The molecule has 2 aromatic carbocycles. The predicted molar refractivity (Wildman–Crippen MR) is 71.3 cm³/mol. The summed E-state index contributed by atoms with van der Waals surface area (Å²) in [7, 11) is 0. The van der Waals surface area contributed by atoms with Crippen molar-refractivity contribution < 1.29 is 8.78 Å². The van der Waals surface area contributed by atoms with Crippen LogP contribution in [0.5, 0.6) is 0 Å². The van der Waals surface area contributed by atoms with Crippen molar-refractivity contribution in [2.24, 2.45) is 5.73 Å². The van der Waals surface area contributed by atoms with Gasteiger partial charge in [0.25, 0.3) is 0 Å². The van der Waals surface area contributed by atoms with Crippen LogP contribution in [0.4, 0.5) is 8.78 Å². The quantitative estimate of drug-likeness (QED) is 0.888. The van der Waals surface area contributed by atoms with Gasteiger partial charge < -0.3 is 5.73 Å². The van der Waals surface area contributed by atoms with Crippen molar-refractivity contribution in [3.8, 4) is 0 Å². The number of benzene rings is 2. The second kappa shape index (κ2) is 5.16. The molecule has 0 saturated heterocycles. The van der Waals surface area contributed by atoms with E-state index in [-0.39, 0.29) is 5.56 Å². The average molecular weight is 312 g/mol. The Morgan fingerprint density at radius 1 is 1.00 bits per heavy atom. The molecular formula is C14H12BrF2N. The van der Waals surface area contributed by atoms with Crippen molar-refractivity contribution in [1.29, 1.82) is 0 Å².